The minimum absolute atomic E-state index is 0.0640. The number of hydrogen-bond acceptors (Lipinski definition) is 5. The standard InChI is InChI=1S/C30H37Cl2NO6/c1-18-6-9-22-27(38-18)21-15-20(8-11-25(21)39-30(22,4)13-5-12-29(2,3)37)28(36)33(17-26(34)35)16-19-7-10-23(31)24(32)14-19/h7-8,10-11,14-15,18,22,27,37H,5-6,9,12-13,16-17H2,1-4H3,(H,34,35)/t18-,22-,27+,30+/m1/s1. The van der Waals surface area contributed by atoms with Gasteiger partial charge in [0.15, 0.2) is 0 Å². The molecule has 39 heavy (non-hydrogen) atoms. The molecule has 4 rings (SSSR count). The molecule has 0 aromatic heterocycles. The molecule has 0 aliphatic carbocycles. The fourth-order valence-corrected chi connectivity index (χ4v) is 6.05. The van der Waals surface area contributed by atoms with Gasteiger partial charge in [-0.2, -0.15) is 0 Å². The van der Waals surface area contributed by atoms with Crippen molar-refractivity contribution in [3.05, 3.63) is 63.1 Å². The number of carbonyl (C=O) groups excluding carboxylic acids is 1. The van der Waals surface area contributed by atoms with Crippen LogP contribution in [-0.2, 0) is 16.1 Å². The van der Waals surface area contributed by atoms with Crippen molar-refractivity contribution in [2.75, 3.05) is 6.54 Å². The molecular formula is C30H37Cl2NO6. The Bertz CT molecular complexity index is 1230. The summed E-state index contributed by atoms with van der Waals surface area (Å²) in [4.78, 5) is 26.5. The van der Waals surface area contributed by atoms with Gasteiger partial charge in [-0.05, 0) is 95.7 Å². The molecule has 2 aliphatic rings. The van der Waals surface area contributed by atoms with Crippen LogP contribution in [0, 0.1) is 5.92 Å². The summed E-state index contributed by atoms with van der Waals surface area (Å²) in [5.41, 5.74) is 0.630. The normalized spacial score (nSPS) is 24.3. The van der Waals surface area contributed by atoms with Gasteiger partial charge in [-0.3, -0.25) is 9.59 Å². The summed E-state index contributed by atoms with van der Waals surface area (Å²) in [6.45, 7) is 7.39. The molecule has 0 bridgehead atoms. The number of hydrogen-bond donors (Lipinski definition) is 2. The van der Waals surface area contributed by atoms with E-state index in [1.54, 1.807) is 36.4 Å². The zero-order valence-electron chi connectivity index (χ0n) is 22.9. The number of rotatable bonds is 9. The van der Waals surface area contributed by atoms with Crippen LogP contribution in [0.15, 0.2) is 36.4 Å². The lowest BCUT2D eigenvalue weighted by atomic mass is 9.72. The lowest BCUT2D eigenvalue weighted by Gasteiger charge is -2.50. The second kappa shape index (κ2) is 11.7. The van der Waals surface area contributed by atoms with E-state index < -0.39 is 29.6 Å². The molecule has 2 aromatic carbocycles. The van der Waals surface area contributed by atoms with Crippen molar-refractivity contribution < 1.29 is 29.3 Å². The Kier molecular flexibility index (Phi) is 8.86. The highest BCUT2D eigenvalue weighted by atomic mass is 35.5. The Labute approximate surface area is 240 Å². The average molecular weight is 579 g/mol. The van der Waals surface area contributed by atoms with E-state index in [0.717, 1.165) is 31.2 Å². The van der Waals surface area contributed by atoms with Crippen molar-refractivity contribution in [3.63, 3.8) is 0 Å². The number of ether oxygens (including phenoxy) is 2. The molecule has 2 heterocycles. The Morgan fingerprint density at radius 2 is 1.87 bits per heavy atom. The smallest absolute Gasteiger partial charge is 0.323 e. The molecule has 9 heteroatoms. The van der Waals surface area contributed by atoms with Crippen LogP contribution in [0.4, 0.5) is 0 Å². The fourth-order valence-electron chi connectivity index (χ4n) is 5.73. The first-order valence-electron chi connectivity index (χ1n) is 13.4. The molecule has 2 aromatic rings. The highest BCUT2D eigenvalue weighted by molar-refractivity contribution is 6.42. The molecule has 1 saturated heterocycles. The topological polar surface area (TPSA) is 96.3 Å². The summed E-state index contributed by atoms with van der Waals surface area (Å²) < 4.78 is 13.1. The highest BCUT2D eigenvalue weighted by Crippen LogP contribution is 2.52. The third-order valence-corrected chi connectivity index (χ3v) is 8.49. The molecule has 2 aliphatic heterocycles. The van der Waals surface area contributed by atoms with Gasteiger partial charge in [0, 0.05) is 23.6 Å². The van der Waals surface area contributed by atoms with Crippen molar-refractivity contribution in [3.8, 4) is 5.75 Å². The minimum atomic E-state index is -1.11. The molecular weight excluding hydrogens is 541 g/mol. The number of benzene rings is 2. The molecule has 0 saturated carbocycles. The van der Waals surface area contributed by atoms with Gasteiger partial charge in [0.2, 0.25) is 0 Å². The molecule has 0 radical (unpaired) electrons. The van der Waals surface area contributed by atoms with Crippen LogP contribution >= 0.6 is 23.2 Å². The summed E-state index contributed by atoms with van der Waals surface area (Å²) in [6.07, 6.45) is 3.89. The van der Waals surface area contributed by atoms with Crippen molar-refractivity contribution in [2.24, 2.45) is 5.92 Å². The third kappa shape index (κ3) is 7.07. The van der Waals surface area contributed by atoms with Crippen LogP contribution in [0.5, 0.6) is 5.75 Å². The maximum Gasteiger partial charge on any atom is 0.323 e. The minimum Gasteiger partial charge on any atom is -0.487 e. The van der Waals surface area contributed by atoms with E-state index in [1.165, 1.54) is 4.90 Å². The SMILES string of the molecule is C[C@@H]1CC[C@@H]2[C@@H](O1)c1cc(C(=O)N(CC(=O)O)Cc3ccc(Cl)c(Cl)c3)ccc1O[C@@]2(C)CCCC(C)(C)O. The monoisotopic (exact) mass is 577 g/mol. The van der Waals surface area contributed by atoms with Crippen LogP contribution in [0.3, 0.4) is 0 Å². The van der Waals surface area contributed by atoms with Crippen LogP contribution in [0.25, 0.3) is 0 Å². The predicted octanol–water partition coefficient (Wildman–Crippen LogP) is 6.67. The van der Waals surface area contributed by atoms with Gasteiger partial charge in [-0.15, -0.1) is 0 Å². The fraction of sp³-hybridized carbons (Fsp3) is 0.533. The van der Waals surface area contributed by atoms with Crippen molar-refractivity contribution in [1.82, 2.24) is 4.90 Å². The Hall–Kier alpha value is -2.32. The van der Waals surface area contributed by atoms with Gasteiger partial charge in [0.05, 0.1) is 27.9 Å². The zero-order chi connectivity index (χ0) is 28.5. The van der Waals surface area contributed by atoms with Crippen LogP contribution in [0.2, 0.25) is 10.0 Å². The Morgan fingerprint density at radius 1 is 1.13 bits per heavy atom. The van der Waals surface area contributed by atoms with E-state index in [1.807, 2.05) is 13.8 Å². The summed E-state index contributed by atoms with van der Waals surface area (Å²) in [5.74, 6) is -0.775. The summed E-state index contributed by atoms with van der Waals surface area (Å²) in [5, 5.41) is 20.4. The molecule has 1 fully saturated rings. The number of aliphatic carboxylic acids is 1. The number of aliphatic hydroxyl groups is 1. The predicted molar refractivity (Wildman–Crippen MR) is 150 cm³/mol. The summed E-state index contributed by atoms with van der Waals surface area (Å²) in [7, 11) is 0. The van der Waals surface area contributed by atoms with Gasteiger partial charge < -0.3 is 24.6 Å². The van der Waals surface area contributed by atoms with E-state index in [-0.39, 0.29) is 24.7 Å². The molecule has 1 amide bonds. The number of carboxylic acid groups (broad SMARTS) is 1. The van der Waals surface area contributed by atoms with Crippen LogP contribution in [0.1, 0.15) is 87.4 Å². The molecule has 7 nitrogen and oxygen atoms in total. The second-order valence-corrected chi connectivity index (χ2v) is 12.5. The van der Waals surface area contributed by atoms with Crippen molar-refractivity contribution >= 4 is 35.1 Å². The summed E-state index contributed by atoms with van der Waals surface area (Å²) in [6, 6.07) is 10.2. The van der Waals surface area contributed by atoms with Crippen molar-refractivity contribution in [2.45, 2.75) is 89.8 Å². The molecule has 4 atom stereocenters. The van der Waals surface area contributed by atoms with E-state index >= 15 is 0 Å². The van der Waals surface area contributed by atoms with Crippen LogP contribution in [-0.4, -0.2) is 50.8 Å². The Balaban J connectivity index is 1.62. The summed E-state index contributed by atoms with van der Waals surface area (Å²) >= 11 is 12.2. The number of fused-ring (bicyclic) bond motifs is 3. The van der Waals surface area contributed by atoms with Crippen LogP contribution < -0.4 is 4.74 Å². The van der Waals surface area contributed by atoms with E-state index in [4.69, 9.17) is 32.7 Å². The number of amides is 1. The maximum absolute atomic E-state index is 13.6. The van der Waals surface area contributed by atoms with Gasteiger partial charge in [0.25, 0.3) is 5.91 Å². The first-order valence-corrected chi connectivity index (χ1v) is 14.2. The zero-order valence-corrected chi connectivity index (χ0v) is 24.4. The first-order chi connectivity index (χ1) is 18.3. The van der Waals surface area contributed by atoms with Gasteiger partial charge in [-0.1, -0.05) is 29.3 Å². The maximum atomic E-state index is 13.6. The molecule has 212 valence electrons. The third-order valence-electron chi connectivity index (χ3n) is 7.75. The van der Waals surface area contributed by atoms with Gasteiger partial charge in [-0.25, -0.2) is 0 Å². The number of halogens is 2. The molecule has 0 unspecified atom stereocenters. The largest absolute Gasteiger partial charge is 0.487 e. The van der Waals surface area contributed by atoms with E-state index in [0.29, 0.717) is 33.3 Å². The average Bonchev–Trinajstić information content (AvgIpc) is 2.84. The van der Waals surface area contributed by atoms with E-state index in [9.17, 15) is 19.8 Å². The van der Waals surface area contributed by atoms with Gasteiger partial charge in [0.1, 0.15) is 17.9 Å². The lowest BCUT2D eigenvalue weighted by molar-refractivity contribution is -0.153. The Morgan fingerprint density at radius 3 is 2.54 bits per heavy atom. The quantitative estimate of drug-likeness (QED) is 0.345. The number of carboxylic acids is 1. The highest BCUT2D eigenvalue weighted by Gasteiger charge is 2.49. The second-order valence-electron chi connectivity index (χ2n) is 11.7. The van der Waals surface area contributed by atoms with Gasteiger partial charge >= 0.3 is 5.97 Å². The lowest BCUT2D eigenvalue weighted by Crippen LogP contribution is -2.50. The number of nitrogens with zero attached hydrogens (tertiary/aromatic N) is 1. The van der Waals surface area contributed by atoms with Crippen molar-refractivity contribution in [1.29, 1.82) is 0 Å². The first kappa shape index (κ1) is 29.7. The molecule has 2 N–H and O–H groups in total. The molecule has 0 spiro atoms. The van der Waals surface area contributed by atoms with E-state index in [2.05, 4.69) is 13.8 Å². The number of carbonyl (C=O) groups is 2.